The molecule has 3 N–H and O–H groups in total. The van der Waals surface area contributed by atoms with E-state index in [-0.39, 0.29) is 17.6 Å². The Balaban J connectivity index is 1.52. The highest BCUT2D eigenvalue weighted by Gasteiger charge is 2.29. The summed E-state index contributed by atoms with van der Waals surface area (Å²) in [6.07, 6.45) is 2.00. The zero-order valence-electron chi connectivity index (χ0n) is 13.6. The first kappa shape index (κ1) is 18.0. The fourth-order valence-corrected chi connectivity index (χ4v) is 2.70. The molecule has 1 aliphatic heterocycles. The summed E-state index contributed by atoms with van der Waals surface area (Å²) in [5, 5.41) is 15.2. The molecule has 2 atom stereocenters. The van der Waals surface area contributed by atoms with Crippen molar-refractivity contribution in [3.8, 4) is 0 Å². The summed E-state index contributed by atoms with van der Waals surface area (Å²) in [5.41, 5.74) is 10.2. The molecule has 0 aromatic heterocycles. The van der Waals surface area contributed by atoms with Crippen molar-refractivity contribution >= 4 is 29.4 Å². The van der Waals surface area contributed by atoms with Gasteiger partial charge in [0, 0.05) is 23.2 Å². The third kappa shape index (κ3) is 4.42. The smallest absolute Gasteiger partial charge is 0.269 e. The first-order valence-electron chi connectivity index (χ1n) is 7.87. The van der Waals surface area contributed by atoms with Crippen LogP contribution < -0.4 is 16.3 Å². The molecule has 26 heavy (non-hydrogen) atoms. The van der Waals surface area contributed by atoms with E-state index in [1.54, 1.807) is 24.3 Å². The monoisotopic (exact) mass is 373 g/mol. The number of halogens is 1. The van der Waals surface area contributed by atoms with Crippen molar-refractivity contribution in [2.75, 3.05) is 0 Å². The fraction of sp³-hybridized carbons (Fsp3) is 0.176. The van der Waals surface area contributed by atoms with Crippen molar-refractivity contribution in [2.24, 2.45) is 5.10 Å². The van der Waals surface area contributed by atoms with Crippen molar-refractivity contribution in [2.45, 2.75) is 18.5 Å². The average molecular weight is 374 g/mol. The molecule has 1 amide bonds. The first-order chi connectivity index (χ1) is 12.5. The molecule has 1 heterocycles. The van der Waals surface area contributed by atoms with Gasteiger partial charge in [-0.15, -0.1) is 0 Å². The number of nitro groups is 1. The number of nitrogens with zero attached hydrogens (tertiary/aromatic N) is 2. The van der Waals surface area contributed by atoms with Crippen LogP contribution in [0.5, 0.6) is 0 Å². The van der Waals surface area contributed by atoms with Crippen LogP contribution in [0.2, 0.25) is 5.02 Å². The molecule has 2 aromatic carbocycles. The lowest BCUT2D eigenvalue weighted by Gasteiger charge is -2.09. The molecule has 8 nitrogen and oxygen atoms in total. The Kier molecular flexibility index (Phi) is 5.57. The number of carbonyl (C=O) groups is 1. The number of amides is 1. The molecule has 2 aromatic rings. The highest BCUT2D eigenvalue weighted by Crippen LogP contribution is 2.23. The van der Waals surface area contributed by atoms with Crippen LogP contribution in [-0.4, -0.2) is 23.1 Å². The van der Waals surface area contributed by atoms with Gasteiger partial charge in [0.25, 0.3) is 11.6 Å². The highest BCUT2D eigenvalue weighted by atomic mass is 35.5. The summed E-state index contributed by atoms with van der Waals surface area (Å²) in [6, 6.07) is 12.9. The standard InChI is InChI=1S/C17H16ClN5O3/c18-13-5-3-12(4-6-13)15-9-16(21-20-15)17(24)22-19-10-11-1-7-14(8-2-11)23(25)26/h1-8,10,15-16,20-21H,9H2,(H,22,24)/b19-10+. The van der Waals surface area contributed by atoms with Crippen LogP contribution in [0.3, 0.4) is 0 Å². The number of non-ortho nitro benzene ring substituents is 1. The Bertz CT molecular complexity index is 823. The van der Waals surface area contributed by atoms with Crippen molar-refractivity contribution in [1.29, 1.82) is 0 Å². The van der Waals surface area contributed by atoms with Crippen molar-refractivity contribution in [3.63, 3.8) is 0 Å². The van der Waals surface area contributed by atoms with Gasteiger partial charge in [0.15, 0.2) is 0 Å². The normalized spacial score (nSPS) is 19.6. The second-order valence-corrected chi connectivity index (χ2v) is 6.20. The second-order valence-electron chi connectivity index (χ2n) is 5.76. The minimum absolute atomic E-state index is 0.000608. The lowest BCUT2D eigenvalue weighted by atomic mass is 10.0. The molecular formula is C17H16ClN5O3. The van der Waals surface area contributed by atoms with Crippen molar-refractivity contribution in [3.05, 3.63) is 74.8 Å². The van der Waals surface area contributed by atoms with E-state index >= 15 is 0 Å². The van der Waals surface area contributed by atoms with Crippen LogP contribution in [0.4, 0.5) is 5.69 Å². The lowest BCUT2D eigenvalue weighted by Crippen LogP contribution is -2.41. The summed E-state index contributed by atoms with van der Waals surface area (Å²) in [5.74, 6) is -0.271. The van der Waals surface area contributed by atoms with Gasteiger partial charge >= 0.3 is 0 Å². The minimum atomic E-state index is -0.474. The van der Waals surface area contributed by atoms with E-state index in [0.717, 1.165) is 5.56 Å². The van der Waals surface area contributed by atoms with Crippen LogP contribution in [0.25, 0.3) is 0 Å². The second kappa shape index (κ2) is 8.05. The Morgan fingerprint density at radius 2 is 1.88 bits per heavy atom. The van der Waals surface area contributed by atoms with Crippen LogP contribution in [-0.2, 0) is 4.79 Å². The van der Waals surface area contributed by atoms with Gasteiger partial charge in [-0.25, -0.2) is 16.3 Å². The van der Waals surface area contributed by atoms with E-state index in [1.807, 2.05) is 12.1 Å². The molecule has 0 bridgehead atoms. The SMILES string of the molecule is O=C(N/N=C/c1ccc([N+](=O)[O-])cc1)C1CC(c2ccc(Cl)cc2)NN1. The van der Waals surface area contributed by atoms with E-state index in [2.05, 4.69) is 21.4 Å². The zero-order chi connectivity index (χ0) is 18.5. The maximum atomic E-state index is 12.2. The van der Waals surface area contributed by atoms with Crippen molar-refractivity contribution in [1.82, 2.24) is 16.3 Å². The van der Waals surface area contributed by atoms with Crippen LogP contribution in [0, 0.1) is 10.1 Å². The third-order valence-corrected chi connectivity index (χ3v) is 4.24. The number of nitrogens with one attached hydrogen (secondary N) is 3. The van der Waals surface area contributed by atoms with E-state index in [0.29, 0.717) is 17.0 Å². The van der Waals surface area contributed by atoms with E-state index in [9.17, 15) is 14.9 Å². The molecule has 9 heteroatoms. The largest absolute Gasteiger partial charge is 0.271 e. The fourth-order valence-electron chi connectivity index (χ4n) is 2.57. The Morgan fingerprint density at radius 1 is 1.19 bits per heavy atom. The van der Waals surface area contributed by atoms with Crippen molar-refractivity contribution < 1.29 is 9.72 Å². The van der Waals surface area contributed by atoms with Gasteiger partial charge in [-0.3, -0.25) is 14.9 Å². The number of hydrazone groups is 1. The summed E-state index contributed by atoms with van der Waals surface area (Å²) in [6.45, 7) is 0. The van der Waals surface area contributed by atoms with Gasteiger partial charge in [0.2, 0.25) is 0 Å². The van der Waals surface area contributed by atoms with Gasteiger partial charge in [0.1, 0.15) is 6.04 Å². The molecule has 0 radical (unpaired) electrons. The number of hydrazine groups is 1. The maximum absolute atomic E-state index is 12.2. The Morgan fingerprint density at radius 3 is 2.54 bits per heavy atom. The molecule has 1 aliphatic rings. The number of benzene rings is 2. The van der Waals surface area contributed by atoms with Crippen LogP contribution in [0.15, 0.2) is 53.6 Å². The maximum Gasteiger partial charge on any atom is 0.269 e. The summed E-state index contributed by atoms with van der Waals surface area (Å²) < 4.78 is 0. The molecule has 1 fully saturated rings. The summed E-state index contributed by atoms with van der Waals surface area (Å²) in [7, 11) is 0. The molecule has 2 unspecified atom stereocenters. The highest BCUT2D eigenvalue weighted by molar-refractivity contribution is 6.30. The van der Waals surface area contributed by atoms with Gasteiger partial charge in [-0.05, 0) is 41.8 Å². The first-order valence-corrected chi connectivity index (χ1v) is 8.24. The van der Waals surface area contributed by atoms with Gasteiger partial charge in [0.05, 0.1) is 11.1 Å². The number of rotatable bonds is 5. The average Bonchev–Trinajstić information content (AvgIpc) is 3.13. The van der Waals surface area contributed by atoms with Gasteiger partial charge in [-0.2, -0.15) is 5.10 Å². The molecule has 0 spiro atoms. The Hall–Kier alpha value is -2.81. The zero-order valence-corrected chi connectivity index (χ0v) is 14.3. The van der Waals surface area contributed by atoms with E-state index < -0.39 is 11.0 Å². The number of nitro benzene ring substituents is 1. The molecule has 1 saturated heterocycles. The van der Waals surface area contributed by atoms with Gasteiger partial charge < -0.3 is 0 Å². The van der Waals surface area contributed by atoms with Crippen LogP contribution in [0.1, 0.15) is 23.6 Å². The molecule has 0 saturated carbocycles. The lowest BCUT2D eigenvalue weighted by molar-refractivity contribution is -0.384. The summed E-state index contributed by atoms with van der Waals surface area (Å²) in [4.78, 5) is 22.3. The topological polar surface area (TPSA) is 109 Å². The van der Waals surface area contributed by atoms with E-state index in [4.69, 9.17) is 11.6 Å². The summed E-state index contributed by atoms with van der Waals surface area (Å²) >= 11 is 5.88. The molecular weight excluding hydrogens is 358 g/mol. The number of carbonyl (C=O) groups excluding carboxylic acids is 1. The third-order valence-electron chi connectivity index (χ3n) is 3.98. The number of hydrogen-bond donors (Lipinski definition) is 3. The predicted octanol–water partition coefficient (Wildman–Crippen LogP) is 2.31. The van der Waals surface area contributed by atoms with Crippen LogP contribution >= 0.6 is 11.6 Å². The Labute approximate surface area is 154 Å². The van der Waals surface area contributed by atoms with Gasteiger partial charge in [-0.1, -0.05) is 23.7 Å². The van der Waals surface area contributed by atoms with E-state index in [1.165, 1.54) is 18.3 Å². The quantitative estimate of drug-likeness (QED) is 0.423. The number of hydrogen-bond acceptors (Lipinski definition) is 6. The molecule has 3 rings (SSSR count). The minimum Gasteiger partial charge on any atom is -0.271 e. The molecule has 0 aliphatic carbocycles. The predicted molar refractivity (Wildman–Crippen MR) is 97.7 cm³/mol. The molecule has 134 valence electrons.